The fourth-order valence-corrected chi connectivity index (χ4v) is 1.95. The Morgan fingerprint density at radius 2 is 2.08 bits per heavy atom. The zero-order valence-corrected chi connectivity index (χ0v) is 7.29. The molecule has 0 radical (unpaired) electrons. The van der Waals surface area contributed by atoms with Crippen molar-refractivity contribution in [2.45, 2.75) is 25.3 Å². The molecule has 0 aromatic rings. The van der Waals surface area contributed by atoms with Gasteiger partial charge >= 0.3 is 0 Å². The van der Waals surface area contributed by atoms with Crippen LogP contribution in [0.2, 0.25) is 0 Å². The Morgan fingerprint density at radius 1 is 1.33 bits per heavy atom. The van der Waals surface area contributed by atoms with Crippen LogP contribution in [0.1, 0.15) is 19.3 Å². The Kier molecular flexibility index (Phi) is 2.42. The van der Waals surface area contributed by atoms with Crippen LogP contribution in [0, 0.1) is 0 Å². The fraction of sp³-hybridized carbons (Fsp3) is 0.889. The number of hydrogen-bond acceptors (Lipinski definition) is 3. The molecule has 0 unspecified atom stereocenters. The van der Waals surface area contributed by atoms with E-state index in [4.69, 9.17) is 4.74 Å². The lowest BCUT2D eigenvalue weighted by molar-refractivity contribution is -0.121. The van der Waals surface area contributed by atoms with Crippen LogP contribution in [0.4, 0.5) is 0 Å². The number of hydrogen-bond donors (Lipinski definition) is 0. The van der Waals surface area contributed by atoms with Gasteiger partial charge in [-0.05, 0) is 6.42 Å². The minimum absolute atomic E-state index is 0.421. The van der Waals surface area contributed by atoms with Crippen molar-refractivity contribution in [3.05, 3.63) is 0 Å². The number of piperidine rings is 1. The van der Waals surface area contributed by atoms with Crippen molar-refractivity contribution in [2.24, 2.45) is 0 Å². The molecule has 68 valence electrons. The molecular weight excluding hydrogens is 154 g/mol. The monoisotopic (exact) mass is 169 g/mol. The number of carbonyl (C=O) groups is 1. The van der Waals surface area contributed by atoms with Crippen LogP contribution in [-0.4, -0.2) is 43.0 Å². The lowest BCUT2D eigenvalue weighted by atomic mass is 10.1. The Bertz CT molecular complexity index is 165. The minimum Gasteiger partial charge on any atom is -0.380 e. The maximum atomic E-state index is 11.0. The highest BCUT2D eigenvalue weighted by atomic mass is 16.5. The Labute approximate surface area is 72.7 Å². The summed E-state index contributed by atoms with van der Waals surface area (Å²) in [7, 11) is 0. The first-order valence-corrected chi connectivity index (χ1v) is 4.70. The maximum absolute atomic E-state index is 11.0. The average molecular weight is 169 g/mol. The van der Waals surface area contributed by atoms with Gasteiger partial charge in [0.1, 0.15) is 5.78 Å². The van der Waals surface area contributed by atoms with Crippen LogP contribution in [0.5, 0.6) is 0 Å². The average Bonchev–Trinajstić information content (AvgIpc) is 2.58. The van der Waals surface area contributed by atoms with Gasteiger partial charge in [0.2, 0.25) is 0 Å². The number of ketones is 1. The highest BCUT2D eigenvalue weighted by molar-refractivity contribution is 5.79. The maximum Gasteiger partial charge on any atom is 0.135 e. The van der Waals surface area contributed by atoms with Gasteiger partial charge in [-0.1, -0.05) is 0 Å². The standard InChI is InChI=1S/C9H15NO2/c11-9-1-4-10(5-2-9)8-3-6-12-7-8/h8H,1-7H2/t8-/m0/s1. The molecule has 2 aliphatic heterocycles. The van der Waals surface area contributed by atoms with Crippen molar-refractivity contribution in [2.75, 3.05) is 26.3 Å². The summed E-state index contributed by atoms with van der Waals surface area (Å²) < 4.78 is 5.31. The summed E-state index contributed by atoms with van der Waals surface area (Å²) in [5.74, 6) is 0.421. The van der Waals surface area contributed by atoms with Crippen LogP contribution < -0.4 is 0 Å². The van der Waals surface area contributed by atoms with E-state index in [1.807, 2.05) is 0 Å². The molecule has 0 aromatic heterocycles. The molecule has 0 spiro atoms. The first kappa shape index (κ1) is 8.20. The van der Waals surface area contributed by atoms with Gasteiger partial charge in [0.25, 0.3) is 0 Å². The number of ether oxygens (including phenoxy) is 1. The van der Waals surface area contributed by atoms with Crippen LogP contribution >= 0.6 is 0 Å². The second kappa shape index (κ2) is 3.54. The molecule has 0 N–H and O–H groups in total. The fourth-order valence-electron chi connectivity index (χ4n) is 1.95. The van der Waals surface area contributed by atoms with E-state index in [0.29, 0.717) is 11.8 Å². The van der Waals surface area contributed by atoms with Gasteiger partial charge in [-0.25, -0.2) is 0 Å². The molecule has 2 fully saturated rings. The molecule has 0 bridgehead atoms. The van der Waals surface area contributed by atoms with Crippen LogP contribution in [0.3, 0.4) is 0 Å². The zero-order chi connectivity index (χ0) is 8.39. The summed E-state index contributed by atoms with van der Waals surface area (Å²) in [6, 6.07) is 0.595. The molecule has 2 rings (SSSR count). The van der Waals surface area contributed by atoms with Gasteiger partial charge in [0, 0.05) is 38.6 Å². The number of carbonyl (C=O) groups excluding carboxylic acids is 1. The van der Waals surface area contributed by atoms with Gasteiger partial charge in [0.15, 0.2) is 0 Å². The highest BCUT2D eigenvalue weighted by Crippen LogP contribution is 2.16. The summed E-state index contributed by atoms with van der Waals surface area (Å²) in [6.45, 7) is 3.67. The summed E-state index contributed by atoms with van der Waals surface area (Å²) in [5, 5.41) is 0. The molecule has 2 heterocycles. The molecule has 1 atom stereocenters. The van der Waals surface area contributed by atoms with Gasteiger partial charge in [-0.2, -0.15) is 0 Å². The SMILES string of the molecule is O=C1CCN([C@H]2CCOC2)CC1. The normalized spacial score (nSPS) is 32.7. The van der Waals surface area contributed by atoms with E-state index in [2.05, 4.69) is 4.90 Å². The third-order valence-corrected chi connectivity index (χ3v) is 2.78. The number of rotatable bonds is 1. The quantitative estimate of drug-likeness (QED) is 0.570. The molecule has 3 nitrogen and oxygen atoms in total. The van der Waals surface area contributed by atoms with Crippen LogP contribution in [0.15, 0.2) is 0 Å². The first-order valence-electron chi connectivity index (χ1n) is 4.70. The molecule has 3 heteroatoms. The topological polar surface area (TPSA) is 29.5 Å². The predicted octanol–water partition coefficient (Wildman–Crippen LogP) is 0.440. The summed E-state index contributed by atoms with van der Waals surface area (Å²) in [6.07, 6.45) is 2.64. The van der Waals surface area contributed by atoms with Gasteiger partial charge in [-0.15, -0.1) is 0 Å². The summed E-state index contributed by atoms with van der Waals surface area (Å²) in [5.41, 5.74) is 0. The van der Waals surface area contributed by atoms with Crippen LogP contribution in [0.25, 0.3) is 0 Å². The predicted molar refractivity (Wildman–Crippen MR) is 45.0 cm³/mol. The Hall–Kier alpha value is -0.410. The van der Waals surface area contributed by atoms with E-state index in [9.17, 15) is 4.79 Å². The Morgan fingerprint density at radius 3 is 2.67 bits per heavy atom. The van der Waals surface area contributed by atoms with E-state index in [1.54, 1.807) is 0 Å². The Balaban J connectivity index is 1.84. The van der Waals surface area contributed by atoms with Gasteiger partial charge < -0.3 is 4.74 Å². The smallest absolute Gasteiger partial charge is 0.135 e. The number of nitrogens with zero attached hydrogens (tertiary/aromatic N) is 1. The number of Topliss-reactive ketones (excluding diaryl/α,β-unsaturated/α-hetero) is 1. The third kappa shape index (κ3) is 1.67. The third-order valence-electron chi connectivity index (χ3n) is 2.78. The second-order valence-electron chi connectivity index (χ2n) is 3.59. The van der Waals surface area contributed by atoms with Gasteiger partial charge in [0.05, 0.1) is 6.61 Å². The van der Waals surface area contributed by atoms with Gasteiger partial charge in [-0.3, -0.25) is 9.69 Å². The zero-order valence-electron chi connectivity index (χ0n) is 7.29. The van der Waals surface area contributed by atoms with Crippen molar-refractivity contribution < 1.29 is 9.53 Å². The van der Waals surface area contributed by atoms with Crippen molar-refractivity contribution in [3.63, 3.8) is 0 Å². The molecule has 12 heavy (non-hydrogen) atoms. The molecule has 2 aliphatic rings. The molecule has 0 aromatic carbocycles. The first-order chi connectivity index (χ1) is 5.86. The van der Waals surface area contributed by atoms with E-state index < -0.39 is 0 Å². The highest BCUT2D eigenvalue weighted by Gasteiger charge is 2.26. The van der Waals surface area contributed by atoms with Crippen molar-refractivity contribution in [1.82, 2.24) is 4.90 Å². The van der Waals surface area contributed by atoms with Crippen molar-refractivity contribution >= 4 is 5.78 Å². The molecule has 0 aliphatic carbocycles. The van der Waals surface area contributed by atoms with Crippen LogP contribution in [-0.2, 0) is 9.53 Å². The summed E-state index contributed by atoms with van der Waals surface area (Å²) in [4.78, 5) is 13.4. The van der Waals surface area contributed by atoms with Crippen molar-refractivity contribution in [3.8, 4) is 0 Å². The van der Waals surface area contributed by atoms with E-state index in [-0.39, 0.29) is 0 Å². The lowest BCUT2D eigenvalue weighted by Gasteiger charge is -2.30. The summed E-state index contributed by atoms with van der Waals surface area (Å²) >= 11 is 0. The van der Waals surface area contributed by atoms with Crippen molar-refractivity contribution in [1.29, 1.82) is 0 Å². The molecule has 0 amide bonds. The molecule has 0 saturated carbocycles. The lowest BCUT2D eigenvalue weighted by Crippen LogP contribution is -2.41. The van der Waals surface area contributed by atoms with E-state index in [0.717, 1.165) is 45.6 Å². The minimum atomic E-state index is 0.421. The van der Waals surface area contributed by atoms with E-state index >= 15 is 0 Å². The number of likely N-dealkylation sites (tertiary alicyclic amines) is 1. The molecular formula is C9H15NO2. The largest absolute Gasteiger partial charge is 0.380 e. The van der Waals surface area contributed by atoms with E-state index in [1.165, 1.54) is 0 Å². The second-order valence-corrected chi connectivity index (χ2v) is 3.59. The molecule has 2 saturated heterocycles.